The second-order valence-electron chi connectivity index (χ2n) is 3.95. The zero-order chi connectivity index (χ0) is 10.7. The normalized spacial score (nSPS) is 17.7. The van der Waals surface area contributed by atoms with Gasteiger partial charge in [0.1, 0.15) is 11.9 Å². The largest absolute Gasteiger partial charge is 0.490 e. The maximum Gasteiger partial charge on any atom is 0.120 e. The van der Waals surface area contributed by atoms with Crippen molar-refractivity contribution in [3.8, 4) is 5.75 Å². The van der Waals surface area contributed by atoms with Gasteiger partial charge in [-0.1, -0.05) is 0 Å². The van der Waals surface area contributed by atoms with Gasteiger partial charge < -0.3 is 15.2 Å². The van der Waals surface area contributed by atoms with Crippen LogP contribution in [0.1, 0.15) is 18.4 Å². The van der Waals surface area contributed by atoms with Crippen molar-refractivity contribution in [2.45, 2.75) is 25.9 Å². The van der Waals surface area contributed by atoms with Gasteiger partial charge in [0.05, 0.1) is 13.2 Å². The number of ether oxygens (including phenoxy) is 2. The van der Waals surface area contributed by atoms with Crippen LogP contribution in [0.2, 0.25) is 0 Å². The van der Waals surface area contributed by atoms with Gasteiger partial charge in [0.25, 0.3) is 0 Å². The van der Waals surface area contributed by atoms with E-state index in [1.165, 1.54) is 0 Å². The topological polar surface area (TPSA) is 44.5 Å². The molecule has 0 atom stereocenters. The maximum absolute atomic E-state index is 5.86. The fourth-order valence-electron chi connectivity index (χ4n) is 1.71. The minimum atomic E-state index is 0.293. The summed E-state index contributed by atoms with van der Waals surface area (Å²) in [6, 6.07) is 5.81. The molecular formula is C12H17NO2. The summed E-state index contributed by atoms with van der Waals surface area (Å²) in [5.41, 5.74) is 7.63. The van der Waals surface area contributed by atoms with E-state index in [-0.39, 0.29) is 0 Å². The van der Waals surface area contributed by atoms with Crippen molar-refractivity contribution in [3.05, 3.63) is 23.8 Å². The lowest BCUT2D eigenvalue weighted by molar-refractivity contribution is 0.0255. The quantitative estimate of drug-likeness (QED) is 0.755. The third kappa shape index (κ3) is 2.63. The monoisotopic (exact) mass is 207 g/mol. The van der Waals surface area contributed by atoms with E-state index in [9.17, 15) is 0 Å². The third-order valence-corrected chi connectivity index (χ3v) is 2.71. The molecule has 1 aromatic carbocycles. The minimum absolute atomic E-state index is 0.293. The summed E-state index contributed by atoms with van der Waals surface area (Å²) < 4.78 is 11.1. The number of benzene rings is 1. The number of anilines is 1. The summed E-state index contributed by atoms with van der Waals surface area (Å²) in [6.45, 7) is 3.60. The van der Waals surface area contributed by atoms with Crippen LogP contribution in [0.3, 0.4) is 0 Å². The average molecular weight is 207 g/mol. The van der Waals surface area contributed by atoms with Crippen LogP contribution in [-0.2, 0) is 4.74 Å². The molecule has 3 heteroatoms. The average Bonchev–Trinajstić information content (AvgIpc) is 2.25. The highest BCUT2D eigenvalue weighted by Crippen LogP contribution is 2.22. The van der Waals surface area contributed by atoms with Crippen LogP contribution in [-0.4, -0.2) is 19.3 Å². The molecule has 1 heterocycles. The highest BCUT2D eigenvalue weighted by molar-refractivity contribution is 5.49. The van der Waals surface area contributed by atoms with Crippen LogP contribution in [0.15, 0.2) is 18.2 Å². The van der Waals surface area contributed by atoms with Crippen molar-refractivity contribution < 1.29 is 9.47 Å². The van der Waals surface area contributed by atoms with E-state index in [0.29, 0.717) is 6.10 Å². The van der Waals surface area contributed by atoms with Crippen molar-refractivity contribution in [3.63, 3.8) is 0 Å². The van der Waals surface area contributed by atoms with E-state index < -0.39 is 0 Å². The molecule has 3 nitrogen and oxygen atoms in total. The summed E-state index contributed by atoms with van der Waals surface area (Å²) in [4.78, 5) is 0. The summed E-state index contributed by atoms with van der Waals surface area (Å²) in [6.07, 6.45) is 2.24. The van der Waals surface area contributed by atoms with Gasteiger partial charge in [-0.05, 0) is 30.7 Å². The zero-order valence-electron chi connectivity index (χ0n) is 9.03. The summed E-state index contributed by atoms with van der Waals surface area (Å²) in [5.74, 6) is 0.911. The van der Waals surface area contributed by atoms with Crippen LogP contribution in [0, 0.1) is 6.92 Å². The van der Waals surface area contributed by atoms with Gasteiger partial charge in [-0.15, -0.1) is 0 Å². The number of hydrogen-bond donors (Lipinski definition) is 1. The molecule has 2 N–H and O–H groups in total. The number of nitrogen functional groups attached to an aromatic ring is 1. The smallest absolute Gasteiger partial charge is 0.120 e. The number of hydrogen-bond acceptors (Lipinski definition) is 3. The molecule has 1 fully saturated rings. The lowest BCUT2D eigenvalue weighted by Gasteiger charge is -2.23. The van der Waals surface area contributed by atoms with Crippen molar-refractivity contribution in [1.82, 2.24) is 0 Å². The molecule has 15 heavy (non-hydrogen) atoms. The van der Waals surface area contributed by atoms with Crippen molar-refractivity contribution in [2.24, 2.45) is 0 Å². The van der Waals surface area contributed by atoms with Crippen molar-refractivity contribution >= 4 is 5.69 Å². The predicted octanol–water partition coefficient (Wildman–Crippen LogP) is 2.14. The maximum atomic E-state index is 5.86. The molecule has 82 valence electrons. The van der Waals surface area contributed by atoms with Gasteiger partial charge in [0.15, 0.2) is 0 Å². The Labute approximate surface area is 90.2 Å². The zero-order valence-corrected chi connectivity index (χ0v) is 9.03. The summed E-state index contributed by atoms with van der Waals surface area (Å²) in [7, 11) is 0. The Morgan fingerprint density at radius 2 is 2.07 bits per heavy atom. The Kier molecular flexibility index (Phi) is 3.11. The third-order valence-electron chi connectivity index (χ3n) is 2.71. The van der Waals surface area contributed by atoms with Gasteiger partial charge in [-0.2, -0.15) is 0 Å². The predicted molar refractivity (Wildman–Crippen MR) is 60.1 cm³/mol. The molecule has 2 rings (SSSR count). The molecule has 1 aliphatic heterocycles. The van der Waals surface area contributed by atoms with E-state index in [2.05, 4.69) is 0 Å². The van der Waals surface area contributed by atoms with Gasteiger partial charge in [0.2, 0.25) is 0 Å². The molecule has 0 aliphatic carbocycles. The lowest BCUT2D eigenvalue weighted by atomic mass is 10.1. The SMILES string of the molecule is Cc1cc(OC2CCOCC2)ccc1N. The molecule has 1 aromatic rings. The first-order valence-corrected chi connectivity index (χ1v) is 5.36. The van der Waals surface area contributed by atoms with Crippen LogP contribution < -0.4 is 10.5 Å². The van der Waals surface area contributed by atoms with E-state index in [1.807, 2.05) is 25.1 Å². The summed E-state index contributed by atoms with van der Waals surface area (Å²) in [5, 5.41) is 0. The van der Waals surface area contributed by atoms with E-state index in [1.54, 1.807) is 0 Å². The van der Waals surface area contributed by atoms with E-state index in [0.717, 1.165) is 43.1 Å². The summed E-state index contributed by atoms with van der Waals surface area (Å²) >= 11 is 0. The highest BCUT2D eigenvalue weighted by Gasteiger charge is 2.15. The molecule has 0 bridgehead atoms. The molecule has 0 aromatic heterocycles. The second-order valence-corrected chi connectivity index (χ2v) is 3.95. The first kappa shape index (κ1) is 10.3. The van der Waals surface area contributed by atoms with Crippen molar-refractivity contribution in [1.29, 1.82) is 0 Å². The first-order valence-electron chi connectivity index (χ1n) is 5.36. The van der Waals surface area contributed by atoms with Gasteiger partial charge in [-0.3, -0.25) is 0 Å². The van der Waals surface area contributed by atoms with E-state index >= 15 is 0 Å². The van der Waals surface area contributed by atoms with E-state index in [4.69, 9.17) is 15.2 Å². The minimum Gasteiger partial charge on any atom is -0.490 e. The number of aryl methyl sites for hydroxylation is 1. The van der Waals surface area contributed by atoms with Gasteiger partial charge in [-0.25, -0.2) is 0 Å². The van der Waals surface area contributed by atoms with Crippen LogP contribution in [0.4, 0.5) is 5.69 Å². The Balaban J connectivity index is 2.00. The standard InChI is InChI=1S/C12H17NO2/c1-9-8-11(2-3-12(9)13)15-10-4-6-14-7-5-10/h2-3,8,10H,4-7,13H2,1H3. The first-order chi connectivity index (χ1) is 7.25. The molecule has 0 spiro atoms. The Morgan fingerprint density at radius 3 is 2.73 bits per heavy atom. The molecule has 0 radical (unpaired) electrons. The number of rotatable bonds is 2. The molecule has 0 amide bonds. The number of nitrogens with two attached hydrogens (primary N) is 1. The molecule has 0 unspecified atom stereocenters. The molecule has 0 saturated carbocycles. The molecular weight excluding hydrogens is 190 g/mol. The van der Waals surface area contributed by atoms with Crippen LogP contribution >= 0.6 is 0 Å². The van der Waals surface area contributed by atoms with Crippen LogP contribution in [0.5, 0.6) is 5.75 Å². The lowest BCUT2D eigenvalue weighted by Crippen LogP contribution is -2.25. The van der Waals surface area contributed by atoms with Crippen LogP contribution in [0.25, 0.3) is 0 Å². The Morgan fingerprint density at radius 1 is 1.33 bits per heavy atom. The Bertz CT molecular complexity index is 332. The fraction of sp³-hybridized carbons (Fsp3) is 0.500. The Hall–Kier alpha value is -1.22. The van der Waals surface area contributed by atoms with Gasteiger partial charge >= 0.3 is 0 Å². The fourth-order valence-corrected chi connectivity index (χ4v) is 1.71. The second kappa shape index (κ2) is 4.53. The van der Waals surface area contributed by atoms with Crippen molar-refractivity contribution in [2.75, 3.05) is 18.9 Å². The molecule has 1 saturated heterocycles. The highest BCUT2D eigenvalue weighted by atomic mass is 16.5. The van der Waals surface area contributed by atoms with Gasteiger partial charge in [0, 0.05) is 18.5 Å². The molecule has 1 aliphatic rings.